The van der Waals surface area contributed by atoms with Gasteiger partial charge in [0.05, 0.1) is 6.10 Å². The predicted molar refractivity (Wildman–Crippen MR) is 71.8 cm³/mol. The number of aliphatic hydroxyl groups excluding tert-OH is 1. The Morgan fingerprint density at radius 1 is 0.667 bits per heavy atom. The van der Waals surface area contributed by atoms with Gasteiger partial charge in [-0.25, -0.2) is 0 Å². The SMILES string of the molecule is OC1CC2c3ccccc3C(C1)c1ccccc12. The molecular formula is C17H16O. The van der Waals surface area contributed by atoms with Crippen LogP contribution < -0.4 is 0 Å². The Balaban J connectivity index is 2.02. The minimum atomic E-state index is -0.181. The average Bonchev–Trinajstić information content (AvgIpc) is 2.65. The molecule has 0 saturated carbocycles. The van der Waals surface area contributed by atoms with Crippen LogP contribution in [-0.2, 0) is 0 Å². The molecule has 5 rings (SSSR count). The lowest BCUT2D eigenvalue weighted by Crippen LogP contribution is -2.14. The highest BCUT2D eigenvalue weighted by Crippen LogP contribution is 2.50. The van der Waals surface area contributed by atoms with Gasteiger partial charge in [-0.05, 0) is 35.1 Å². The van der Waals surface area contributed by atoms with Crippen LogP contribution in [0.2, 0.25) is 0 Å². The molecule has 0 aliphatic heterocycles. The summed E-state index contributed by atoms with van der Waals surface area (Å²) in [5, 5.41) is 10.2. The monoisotopic (exact) mass is 236 g/mol. The quantitative estimate of drug-likeness (QED) is 0.743. The molecule has 0 saturated heterocycles. The topological polar surface area (TPSA) is 20.2 Å². The number of fused-ring (bicyclic) bond motifs is 2. The highest BCUT2D eigenvalue weighted by Gasteiger charge is 2.37. The first-order valence-electron chi connectivity index (χ1n) is 6.70. The Hall–Kier alpha value is -1.60. The first-order chi connectivity index (χ1) is 8.84. The van der Waals surface area contributed by atoms with E-state index in [0.717, 1.165) is 12.8 Å². The van der Waals surface area contributed by atoms with E-state index in [1.807, 2.05) is 0 Å². The van der Waals surface area contributed by atoms with Crippen molar-refractivity contribution in [3.63, 3.8) is 0 Å². The molecule has 0 unspecified atom stereocenters. The molecule has 2 aromatic carbocycles. The predicted octanol–water partition coefficient (Wildman–Crippen LogP) is 3.42. The van der Waals surface area contributed by atoms with Gasteiger partial charge in [-0.2, -0.15) is 0 Å². The number of hydrogen-bond donors (Lipinski definition) is 1. The molecule has 0 heterocycles. The van der Waals surface area contributed by atoms with E-state index in [1.165, 1.54) is 22.3 Å². The van der Waals surface area contributed by atoms with Gasteiger partial charge in [-0.1, -0.05) is 48.5 Å². The standard InChI is InChI=1S/C17H16O/c18-11-9-16-12-5-1-2-6-13(12)17(10-11)15-8-4-3-7-14(15)16/h1-8,11,16-18H,9-10H2. The second-order valence-electron chi connectivity index (χ2n) is 5.49. The largest absolute Gasteiger partial charge is 0.393 e. The van der Waals surface area contributed by atoms with Gasteiger partial charge in [-0.3, -0.25) is 0 Å². The van der Waals surface area contributed by atoms with Crippen LogP contribution in [0.15, 0.2) is 48.5 Å². The molecular weight excluding hydrogens is 220 g/mol. The third-order valence-electron chi connectivity index (χ3n) is 4.51. The Morgan fingerprint density at radius 3 is 1.33 bits per heavy atom. The normalized spacial score (nSPS) is 28.4. The Kier molecular flexibility index (Phi) is 2.12. The fourth-order valence-corrected chi connectivity index (χ4v) is 3.77. The molecule has 0 fully saturated rings. The first-order valence-corrected chi connectivity index (χ1v) is 6.70. The molecule has 0 atom stereocenters. The zero-order valence-corrected chi connectivity index (χ0v) is 10.2. The van der Waals surface area contributed by atoms with Crippen molar-refractivity contribution in [3.05, 3.63) is 70.8 Å². The lowest BCUT2D eigenvalue weighted by Gasteiger charge is -2.30. The van der Waals surface area contributed by atoms with E-state index in [1.54, 1.807) is 0 Å². The second kappa shape index (κ2) is 3.69. The highest BCUT2D eigenvalue weighted by atomic mass is 16.3. The third-order valence-corrected chi connectivity index (χ3v) is 4.51. The summed E-state index contributed by atoms with van der Waals surface area (Å²) >= 11 is 0. The van der Waals surface area contributed by atoms with Crippen LogP contribution in [0.4, 0.5) is 0 Å². The molecule has 0 radical (unpaired) electrons. The van der Waals surface area contributed by atoms with E-state index < -0.39 is 0 Å². The summed E-state index contributed by atoms with van der Waals surface area (Å²) in [6, 6.07) is 17.4. The van der Waals surface area contributed by atoms with E-state index in [2.05, 4.69) is 48.5 Å². The van der Waals surface area contributed by atoms with E-state index in [4.69, 9.17) is 0 Å². The molecule has 2 aromatic rings. The number of hydrogen-bond acceptors (Lipinski definition) is 1. The van der Waals surface area contributed by atoms with Crippen molar-refractivity contribution in [2.45, 2.75) is 30.8 Å². The van der Waals surface area contributed by atoms with Gasteiger partial charge < -0.3 is 5.11 Å². The molecule has 1 nitrogen and oxygen atoms in total. The lowest BCUT2D eigenvalue weighted by molar-refractivity contribution is 0.152. The second-order valence-corrected chi connectivity index (χ2v) is 5.49. The average molecular weight is 236 g/mol. The summed E-state index contributed by atoms with van der Waals surface area (Å²) in [5.41, 5.74) is 5.71. The van der Waals surface area contributed by atoms with Gasteiger partial charge in [0.25, 0.3) is 0 Å². The zero-order valence-electron chi connectivity index (χ0n) is 10.2. The van der Waals surface area contributed by atoms with Crippen molar-refractivity contribution in [1.82, 2.24) is 0 Å². The summed E-state index contributed by atoms with van der Waals surface area (Å²) in [4.78, 5) is 0. The minimum absolute atomic E-state index is 0.181. The van der Waals surface area contributed by atoms with Crippen molar-refractivity contribution in [2.75, 3.05) is 0 Å². The Morgan fingerprint density at radius 2 is 1.00 bits per heavy atom. The van der Waals surface area contributed by atoms with Gasteiger partial charge in [0.15, 0.2) is 0 Å². The maximum Gasteiger partial charge on any atom is 0.0558 e. The maximum atomic E-state index is 10.2. The number of rotatable bonds is 0. The Bertz CT molecular complexity index is 503. The van der Waals surface area contributed by atoms with Crippen molar-refractivity contribution in [1.29, 1.82) is 0 Å². The van der Waals surface area contributed by atoms with E-state index in [0.29, 0.717) is 11.8 Å². The fourth-order valence-electron chi connectivity index (χ4n) is 3.77. The lowest BCUT2D eigenvalue weighted by atomic mass is 9.74. The van der Waals surface area contributed by atoms with Gasteiger partial charge >= 0.3 is 0 Å². The van der Waals surface area contributed by atoms with Crippen LogP contribution >= 0.6 is 0 Å². The summed E-state index contributed by atoms with van der Waals surface area (Å²) in [6.45, 7) is 0. The van der Waals surface area contributed by atoms with Crippen LogP contribution in [-0.4, -0.2) is 11.2 Å². The first kappa shape index (κ1) is 10.3. The van der Waals surface area contributed by atoms with E-state index >= 15 is 0 Å². The zero-order chi connectivity index (χ0) is 12.1. The van der Waals surface area contributed by atoms with Crippen LogP contribution in [0, 0.1) is 0 Å². The molecule has 1 heteroatoms. The molecule has 2 bridgehead atoms. The molecule has 18 heavy (non-hydrogen) atoms. The fraction of sp³-hybridized carbons (Fsp3) is 0.294. The van der Waals surface area contributed by atoms with Crippen molar-refractivity contribution < 1.29 is 5.11 Å². The maximum absolute atomic E-state index is 10.2. The molecule has 90 valence electrons. The van der Waals surface area contributed by atoms with Gasteiger partial charge in [-0.15, -0.1) is 0 Å². The van der Waals surface area contributed by atoms with Crippen molar-refractivity contribution >= 4 is 0 Å². The summed E-state index contributed by atoms with van der Waals surface area (Å²) in [6.07, 6.45) is 1.55. The smallest absolute Gasteiger partial charge is 0.0558 e. The molecule has 3 aliphatic rings. The molecule has 0 aromatic heterocycles. The Labute approximate surface area is 107 Å². The summed E-state index contributed by atoms with van der Waals surface area (Å²) < 4.78 is 0. The van der Waals surface area contributed by atoms with Crippen molar-refractivity contribution in [2.24, 2.45) is 0 Å². The number of benzene rings is 2. The summed E-state index contributed by atoms with van der Waals surface area (Å²) in [5.74, 6) is 0.761. The molecule has 3 aliphatic carbocycles. The molecule has 1 N–H and O–H groups in total. The third kappa shape index (κ3) is 1.31. The van der Waals surface area contributed by atoms with Gasteiger partial charge in [0.1, 0.15) is 0 Å². The van der Waals surface area contributed by atoms with Crippen LogP contribution in [0.1, 0.15) is 46.9 Å². The summed E-state index contributed by atoms with van der Waals surface area (Å²) in [7, 11) is 0. The highest BCUT2D eigenvalue weighted by molar-refractivity contribution is 5.53. The van der Waals surface area contributed by atoms with Crippen LogP contribution in [0.3, 0.4) is 0 Å². The van der Waals surface area contributed by atoms with Crippen LogP contribution in [0.5, 0.6) is 0 Å². The van der Waals surface area contributed by atoms with E-state index in [9.17, 15) is 5.11 Å². The molecule has 0 spiro atoms. The van der Waals surface area contributed by atoms with Crippen LogP contribution in [0.25, 0.3) is 0 Å². The van der Waals surface area contributed by atoms with E-state index in [-0.39, 0.29) is 6.10 Å². The number of aliphatic hydroxyl groups is 1. The van der Waals surface area contributed by atoms with Gasteiger partial charge in [0.2, 0.25) is 0 Å². The van der Waals surface area contributed by atoms with Crippen molar-refractivity contribution in [3.8, 4) is 0 Å². The van der Waals surface area contributed by atoms with Gasteiger partial charge in [0, 0.05) is 11.8 Å². The minimum Gasteiger partial charge on any atom is -0.393 e. The molecule has 0 amide bonds.